The number of aliphatic imine (C=N–C) groups is 1. The predicted molar refractivity (Wildman–Crippen MR) is 119 cm³/mol. The average Bonchev–Trinajstić information content (AvgIpc) is 3.10. The lowest BCUT2D eigenvalue weighted by Crippen LogP contribution is -2.63. The maximum absolute atomic E-state index is 13.1. The molecular weight excluding hydrogens is 414 g/mol. The van der Waals surface area contributed by atoms with Crippen molar-refractivity contribution >= 4 is 35.5 Å². The van der Waals surface area contributed by atoms with Crippen molar-refractivity contribution in [1.29, 1.82) is 0 Å². The fourth-order valence-corrected chi connectivity index (χ4v) is 5.16. The van der Waals surface area contributed by atoms with Crippen molar-refractivity contribution in [2.24, 2.45) is 10.9 Å². The Hall–Kier alpha value is -2.49. The molecular formula is C21H30N7O2S+. The van der Waals surface area contributed by atoms with Crippen molar-refractivity contribution in [2.45, 2.75) is 44.8 Å². The first-order valence-corrected chi connectivity index (χ1v) is 11.7. The van der Waals surface area contributed by atoms with Crippen LogP contribution in [0.4, 0.5) is 4.79 Å². The zero-order valence-corrected chi connectivity index (χ0v) is 19.6. The number of aryl methyl sites for hydroxylation is 2. The largest absolute Gasteiger partial charge is 0.392 e. The SMILES string of the molecule is Cc1cc(C)nc(SCCN2C(=[N+]3CCC(C)CC3)N=C3C2C(=O)N(C)C(=O)N3C)n1. The minimum atomic E-state index is -0.567. The highest BCUT2D eigenvalue weighted by Gasteiger charge is 2.55. The number of carbonyl (C=O) groups excluding carboxylic acids is 2. The monoisotopic (exact) mass is 444 g/mol. The Kier molecular flexibility index (Phi) is 6.00. The molecule has 0 aliphatic carbocycles. The third-order valence-corrected chi connectivity index (χ3v) is 6.93. The molecule has 1 unspecified atom stereocenters. The number of guanidine groups is 1. The Morgan fingerprint density at radius 1 is 1.10 bits per heavy atom. The second kappa shape index (κ2) is 8.57. The van der Waals surface area contributed by atoms with Gasteiger partial charge in [0, 0.05) is 31.2 Å². The minimum Gasteiger partial charge on any atom is -0.270 e. The second-order valence-corrected chi connectivity index (χ2v) is 9.62. The van der Waals surface area contributed by atoms with E-state index in [2.05, 4.69) is 26.4 Å². The Balaban J connectivity index is 1.60. The number of amides is 3. The van der Waals surface area contributed by atoms with Gasteiger partial charge in [-0.1, -0.05) is 23.7 Å². The van der Waals surface area contributed by atoms with Crippen LogP contribution < -0.4 is 0 Å². The standard InChI is InChI=1S/C21H30N7O2S/c1-13-6-8-27(9-7-13)20-24-17-16(18(29)26(5)21(30)25(17)4)28(20)10-11-31-19-22-14(2)12-15(3)23-19/h12-13,16H,6-11H2,1-5H3/q+1. The molecule has 1 aromatic heterocycles. The van der Waals surface area contributed by atoms with Gasteiger partial charge in [0.05, 0.1) is 19.6 Å². The summed E-state index contributed by atoms with van der Waals surface area (Å²) in [6.45, 7) is 8.63. The van der Waals surface area contributed by atoms with Crippen molar-refractivity contribution in [2.75, 3.05) is 39.5 Å². The molecule has 166 valence electrons. The molecule has 0 N–H and O–H groups in total. The first-order chi connectivity index (χ1) is 14.8. The van der Waals surface area contributed by atoms with Gasteiger partial charge in [-0.2, -0.15) is 0 Å². The summed E-state index contributed by atoms with van der Waals surface area (Å²) in [5.41, 5.74) is 1.89. The molecule has 3 aliphatic rings. The van der Waals surface area contributed by atoms with Crippen LogP contribution in [0.5, 0.6) is 0 Å². The van der Waals surface area contributed by atoms with E-state index < -0.39 is 6.04 Å². The highest BCUT2D eigenvalue weighted by Crippen LogP contribution is 2.25. The van der Waals surface area contributed by atoms with Gasteiger partial charge in [-0.05, 0) is 38.7 Å². The molecule has 4 heterocycles. The maximum atomic E-state index is 13.1. The zero-order valence-electron chi connectivity index (χ0n) is 18.8. The van der Waals surface area contributed by atoms with Gasteiger partial charge < -0.3 is 0 Å². The first-order valence-electron chi connectivity index (χ1n) is 10.7. The molecule has 1 atom stereocenters. The third-order valence-electron chi connectivity index (χ3n) is 6.10. The smallest absolute Gasteiger partial charge is 0.270 e. The summed E-state index contributed by atoms with van der Waals surface area (Å²) in [7, 11) is 3.23. The van der Waals surface area contributed by atoms with E-state index in [-0.39, 0.29) is 11.9 Å². The molecule has 2 fully saturated rings. The Morgan fingerprint density at radius 3 is 2.39 bits per heavy atom. The van der Waals surface area contributed by atoms with E-state index in [1.807, 2.05) is 19.9 Å². The van der Waals surface area contributed by atoms with Crippen LogP contribution in [0.3, 0.4) is 0 Å². The number of thioether (sulfide) groups is 1. The fourth-order valence-electron chi connectivity index (χ4n) is 4.27. The van der Waals surface area contributed by atoms with Crippen molar-refractivity contribution in [3.05, 3.63) is 17.5 Å². The number of imide groups is 1. The van der Waals surface area contributed by atoms with Gasteiger partial charge in [-0.3, -0.25) is 19.2 Å². The molecule has 4 rings (SSSR count). The van der Waals surface area contributed by atoms with Crippen LogP contribution in [0.2, 0.25) is 0 Å². The van der Waals surface area contributed by atoms with Crippen LogP contribution in [0.25, 0.3) is 0 Å². The van der Waals surface area contributed by atoms with Crippen LogP contribution in [0.1, 0.15) is 31.2 Å². The van der Waals surface area contributed by atoms with Crippen LogP contribution in [-0.4, -0.2) is 98.5 Å². The third kappa shape index (κ3) is 4.17. The summed E-state index contributed by atoms with van der Waals surface area (Å²) in [6.07, 6.45) is 2.20. The second-order valence-electron chi connectivity index (χ2n) is 8.56. The number of urea groups is 1. The lowest BCUT2D eigenvalue weighted by atomic mass is 10.0. The van der Waals surface area contributed by atoms with Gasteiger partial charge in [0.1, 0.15) is 0 Å². The van der Waals surface area contributed by atoms with Crippen molar-refractivity contribution < 1.29 is 14.2 Å². The van der Waals surface area contributed by atoms with Crippen LogP contribution in [0.15, 0.2) is 16.2 Å². The zero-order chi connectivity index (χ0) is 22.3. The lowest BCUT2D eigenvalue weighted by molar-refractivity contribution is -0.545. The number of aromatic nitrogens is 2. The van der Waals surface area contributed by atoms with Gasteiger partial charge in [-0.15, -0.1) is 0 Å². The number of nitrogens with zero attached hydrogens (tertiary/aromatic N) is 7. The molecule has 2 saturated heterocycles. The summed E-state index contributed by atoms with van der Waals surface area (Å²) in [6, 6.07) is 1.05. The Morgan fingerprint density at radius 2 is 1.74 bits per heavy atom. The molecule has 31 heavy (non-hydrogen) atoms. The normalized spacial score (nSPS) is 24.2. The van der Waals surface area contributed by atoms with Gasteiger partial charge in [0.15, 0.2) is 5.16 Å². The number of likely N-dealkylation sites (N-methyl/N-ethyl adjacent to an activating group) is 2. The summed E-state index contributed by atoms with van der Waals surface area (Å²) < 4.78 is 2.26. The highest BCUT2D eigenvalue weighted by molar-refractivity contribution is 7.99. The van der Waals surface area contributed by atoms with Crippen molar-refractivity contribution in [3.63, 3.8) is 0 Å². The molecule has 0 saturated carbocycles. The Labute approximate surface area is 187 Å². The van der Waals surface area contributed by atoms with E-state index >= 15 is 0 Å². The summed E-state index contributed by atoms with van der Waals surface area (Å²) in [4.78, 5) is 44.1. The highest BCUT2D eigenvalue weighted by atomic mass is 32.2. The van der Waals surface area contributed by atoms with Gasteiger partial charge in [0.2, 0.25) is 11.9 Å². The number of piperidine rings is 1. The number of hydrogen-bond donors (Lipinski definition) is 0. The van der Waals surface area contributed by atoms with E-state index in [4.69, 9.17) is 4.99 Å². The molecule has 0 aromatic carbocycles. The fraction of sp³-hybridized carbons (Fsp3) is 0.619. The lowest BCUT2D eigenvalue weighted by Gasteiger charge is -2.33. The van der Waals surface area contributed by atoms with Crippen LogP contribution >= 0.6 is 11.8 Å². The van der Waals surface area contributed by atoms with E-state index in [1.165, 1.54) is 16.8 Å². The summed E-state index contributed by atoms with van der Waals surface area (Å²) in [5, 5.41) is 0.741. The van der Waals surface area contributed by atoms with E-state index in [0.717, 1.165) is 48.4 Å². The molecule has 0 spiro atoms. The summed E-state index contributed by atoms with van der Waals surface area (Å²) >= 11 is 1.58. The summed E-state index contributed by atoms with van der Waals surface area (Å²) in [5.74, 6) is 2.50. The maximum Gasteiger partial charge on any atom is 0.392 e. The molecule has 3 aliphatic heterocycles. The topological polar surface area (TPSA) is 85.0 Å². The van der Waals surface area contributed by atoms with Crippen molar-refractivity contribution in [3.8, 4) is 0 Å². The molecule has 10 heteroatoms. The predicted octanol–water partition coefficient (Wildman–Crippen LogP) is 1.59. The molecule has 3 amide bonds. The molecule has 0 radical (unpaired) electrons. The number of hydrogen-bond acceptors (Lipinski definition) is 5. The molecule has 0 bridgehead atoms. The number of amidine groups is 1. The van der Waals surface area contributed by atoms with Gasteiger partial charge in [0.25, 0.3) is 5.91 Å². The van der Waals surface area contributed by atoms with E-state index in [9.17, 15) is 9.59 Å². The van der Waals surface area contributed by atoms with E-state index in [1.54, 1.807) is 18.8 Å². The quantitative estimate of drug-likeness (QED) is 0.398. The Bertz CT molecular complexity index is 946. The van der Waals surface area contributed by atoms with Gasteiger partial charge in [-0.25, -0.2) is 19.7 Å². The van der Waals surface area contributed by atoms with E-state index in [0.29, 0.717) is 24.1 Å². The average molecular weight is 445 g/mol. The van der Waals surface area contributed by atoms with Crippen LogP contribution in [0, 0.1) is 19.8 Å². The van der Waals surface area contributed by atoms with Crippen LogP contribution in [-0.2, 0) is 4.79 Å². The minimum absolute atomic E-state index is 0.227. The number of fused-ring (bicyclic) bond motifs is 1. The van der Waals surface area contributed by atoms with Crippen molar-refractivity contribution in [1.82, 2.24) is 24.7 Å². The number of rotatable bonds is 4. The molecule has 9 nitrogen and oxygen atoms in total. The van der Waals surface area contributed by atoms with Gasteiger partial charge >= 0.3 is 12.0 Å². The molecule has 1 aromatic rings. The number of carbonyl (C=O) groups is 2. The first kappa shape index (κ1) is 21.7.